The molecule has 0 spiro atoms. The molecule has 0 saturated heterocycles. The third-order valence-corrected chi connectivity index (χ3v) is 3.80. The largest absolute Gasteiger partial charge is 0.482 e. The molecule has 166 valence electrons. The molecule has 0 atom stereocenters. The van der Waals surface area contributed by atoms with Gasteiger partial charge in [-0.3, -0.25) is 4.79 Å². The molecule has 0 amide bonds. The van der Waals surface area contributed by atoms with E-state index in [1.54, 1.807) is 49.4 Å². The monoisotopic (exact) mass is 438 g/mol. The van der Waals surface area contributed by atoms with Crippen LogP contribution in [0.15, 0.2) is 73.0 Å². The van der Waals surface area contributed by atoms with E-state index in [0.29, 0.717) is 17.1 Å². The van der Waals surface area contributed by atoms with Crippen molar-refractivity contribution in [1.82, 2.24) is 0 Å². The Hall–Kier alpha value is -4.33. The topological polar surface area (TPSA) is 119 Å². The van der Waals surface area contributed by atoms with E-state index < -0.39 is 30.9 Å². The number of carboxylic acid groups (broad SMARTS) is 2. The summed E-state index contributed by atoms with van der Waals surface area (Å²) in [7, 11) is 0. The zero-order valence-electron chi connectivity index (χ0n) is 17.3. The molecule has 0 fully saturated rings. The van der Waals surface area contributed by atoms with Gasteiger partial charge in [0.05, 0.1) is 11.8 Å². The fourth-order valence-electron chi connectivity index (χ4n) is 2.35. The van der Waals surface area contributed by atoms with E-state index in [0.717, 1.165) is 5.57 Å². The number of benzene rings is 2. The molecule has 2 aromatic rings. The average Bonchev–Trinajstić information content (AvgIpc) is 2.75. The van der Waals surface area contributed by atoms with Crippen LogP contribution in [0.3, 0.4) is 0 Å². The summed E-state index contributed by atoms with van der Waals surface area (Å²) in [5.41, 5.74) is 1.63. The number of allylic oxidation sites excluding steroid dienone is 3. The molecule has 2 aromatic carbocycles. The van der Waals surface area contributed by atoms with Gasteiger partial charge in [-0.05, 0) is 48.9 Å². The van der Waals surface area contributed by atoms with Crippen LogP contribution in [-0.4, -0.2) is 41.1 Å². The molecule has 8 nitrogen and oxygen atoms in total. The summed E-state index contributed by atoms with van der Waals surface area (Å²) in [6.45, 7) is 4.45. The van der Waals surface area contributed by atoms with Gasteiger partial charge in [-0.2, -0.15) is 0 Å². The fraction of sp³-hybridized carbons (Fsp3) is 0.125. The summed E-state index contributed by atoms with van der Waals surface area (Å²) in [5, 5.41) is 17.5. The highest BCUT2D eigenvalue weighted by molar-refractivity contribution is 6.08. The zero-order valence-corrected chi connectivity index (χ0v) is 17.3. The predicted octanol–water partition coefficient (Wildman–Crippen LogP) is 3.98. The Balaban J connectivity index is 2.16. The molecule has 0 saturated carbocycles. The standard InChI is InChI=1S/C24H22O8/c1-16(2)11-12-30-19-8-9-20(22(13-19)32-15-24(28)29)21(25)10-5-17-3-6-18(7-4-17)31-14-23(26)27/h3-13H,1,14-15H2,2H3,(H,26,27)(H,28,29). The minimum Gasteiger partial charge on any atom is -0.482 e. The summed E-state index contributed by atoms with van der Waals surface area (Å²) in [6.07, 6.45) is 5.95. The Morgan fingerprint density at radius 3 is 2.16 bits per heavy atom. The Kier molecular flexibility index (Phi) is 8.79. The predicted molar refractivity (Wildman–Crippen MR) is 117 cm³/mol. The van der Waals surface area contributed by atoms with Crippen molar-refractivity contribution in [2.75, 3.05) is 13.2 Å². The first kappa shape index (κ1) is 23.9. The second-order valence-electron chi connectivity index (χ2n) is 6.56. The molecule has 0 bridgehead atoms. The number of carboxylic acids is 2. The maximum Gasteiger partial charge on any atom is 0.341 e. The van der Waals surface area contributed by atoms with Crippen molar-refractivity contribution in [2.24, 2.45) is 0 Å². The molecule has 0 aliphatic rings. The van der Waals surface area contributed by atoms with Crippen LogP contribution in [0.4, 0.5) is 0 Å². The van der Waals surface area contributed by atoms with Crippen LogP contribution < -0.4 is 14.2 Å². The van der Waals surface area contributed by atoms with E-state index in [-0.39, 0.29) is 11.3 Å². The van der Waals surface area contributed by atoms with Crippen LogP contribution in [0.2, 0.25) is 0 Å². The number of carbonyl (C=O) groups is 3. The van der Waals surface area contributed by atoms with E-state index in [4.69, 9.17) is 24.4 Å². The molecule has 0 radical (unpaired) electrons. The Morgan fingerprint density at radius 1 is 0.906 bits per heavy atom. The van der Waals surface area contributed by atoms with E-state index in [1.165, 1.54) is 24.5 Å². The highest BCUT2D eigenvalue weighted by atomic mass is 16.5. The van der Waals surface area contributed by atoms with E-state index >= 15 is 0 Å². The molecule has 0 aliphatic heterocycles. The number of hydrogen-bond donors (Lipinski definition) is 2. The molecule has 0 heterocycles. The number of aliphatic carboxylic acids is 2. The van der Waals surface area contributed by atoms with Crippen LogP contribution in [0, 0.1) is 0 Å². The fourth-order valence-corrected chi connectivity index (χ4v) is 2.35. The van der Waals surface area contributed by atoms with Gasteiger partial charge in [0.25, 0.3) is 0 Å². The van der Waals surface area contributed by atoms with E-state index in [2.05, 4.69) is 6.58 Å². The second kappa shape index (κ2) is 11.8. The van der Waals surface area contributed by atoms with E-state index in [1.807, 2.05) is 0 Å². The normalized spacial score (nSPS) is 10.8. The van der Waals surface area contributed by atoms with Crippen molar-refractivity contribution in [3.05, 3.63) is 84.2 Å². The molecule has 2 rings (SSSR count). The highest BCUT2D eigenvalue weighted by Gasteiger charge is 2.13. The van der Waals surface area contributed by atoms with Gasteiger partial charge in [0.15, 0.2) is 19.0 Å². The molecular weight excluding hydrogens is 416 g/mol. The number of hydrogen-bond acceptors (Lipinski definition) is 6. The molecule has 32 heavy (non-hydrogen) atoms. The SMILES string of the molecule is C=C(C)C=COc1ccc(C(=O)C=Cc2ccc(OCC(=O)O)cc2)c(OCC(=O)O)c1. The van der Waals surface area contributed by atoms with Crippen molar-refractivity contribution in [1.29, 1.82) is 0 Å². The third kappa shape index (κ3) is 8.19. The van der Waals surface area contributed by atoms with Crippen LogP contribution in [0.5, 0.6) is 17.2 Å². The van der Waals surface area contributed by atoms with Crippen LogP contribution in [0.25, 0.3) is 6.08 Å². The lowest BCUT2D eigenvalue weighted by atomic mass is 10.1. The first-order valence-corrected chi connectivity index (χ1v) is 9.39. The van der Waals surface area contributed by atoms with E-state index in [9.17, 15) is 14.4 Å². The summed E-state index contributed by atoms with van der Waals surface area (Å²) in [6, 6.07) is 11.0. The first-order valence-electron chi connectivity index (χ1n) is 9.39. The third-order valence-electron chi connectivity index (χ3n) is 3.80. The Labute approximate surface area is 184 Å². The van der Waals surface area contributed by atoms with Crippen molar-refractivity contribution >= 4 is 23.8 Å². The first-order chi connectivity index (χ1) is 15.2. The maximum atomic E-state index is 12.7. The van der Waals surface area contributed by atoms with Crippen LogP contribution >= 0.6 is 0 Å². The second-order valence-corrected chi connectivity index (χ2v) is 6.56. The molecule has 0 aliphatic carbocycles. The molecular formula is C24H22O8. The molecule has 8 heteroatoms. The highest BCUT2D eigenvalue weighted by Crippen LogP contribution is 2.26. The Morgan fingerprint density at radius 2 is 1.53 bits per heavy atom. The van der Waals surface area contributed by atoms with Gasteiger partial charge in [-0.1, -0.05) is 30.4 Å². The average molecular weight is 438 g/mol. The molecule has 2 N–H and O–H groups in total. The lowest BCUT2D eigenvalue weighted by molar-refractivity contribution is -0.140. The molecule has 0 aromatic heterocycles. The quantitative estimate of drug-likeness (QED) is 0.221. The number of ether oxygens (including phenoxy) is 3. The Bertz CT molecular complexity index is 1050. The minimum atomic E-state index is -1.18. The van der Waals surface area contributed by atoms with Crippen LogP contribution in [0.1, 0.15) is 22.8 Å². The summed E-state index contributed by atoms with van der Waals surface area (Å²) < 4.78 is 15.7. The number of ketones is 1. The van der Waals surface area contributed by atoms with Gasteiger partial charge < -0.3 is 24.4 Å². The molecule has 0 unspecified atom stereocenters. The summed E-state index contributed by atoms with van der Waals surface area (Å²) in [5.74, 6) is -1.85. The van der Waals surface area contributed by atoms with Gasteiger partial charge in [0, 0.05) is 6.07 Å². The van der Waals surface area contributed by atoms with Gasteiger partial charge in [-0.15, -0.1) is 0 Å². The smallest absolute Gasteiger partial charge is 0.341 e. The van der Waals surface area contributed by atoms with Gasteiger partial charge >= 0.3 is 11.9 Å². The van der Waals surface area contributed by atoms with Gasteiger partial charge in [0.1, 0.15) is 17.2 Å². The summed E-state index contributed by atoms with van der Waals surface area (Å²) in [4.78, 5) is 34.1. The maximum absolute atomic E-state index is 12.7. The van der Waals surface area contributed by atoms with Crippen molar-refractivity contribution in [3.63, 3.8) is 0 Å². The van der Waals surface area contributed by atoms with Crippen molar-refractivity contribution in [3.8, 4) is 17.2 Å². The van der Waals surface area contributed by atoms with Crippen LogP contribution in [-0.2, 0) is 9.59 Å². The van der Waals surface area contributed by atoms with Gasteiger partial charge in [-0.25, -0.2) is 9.59 Å². The number of carbonyl (C=O) groups excluding carboxylic acids is 1. The lowest BCUT2D eigenvalue weighted by Gasteiger charge is -2.10. The zero-order chi connectivity index (χ0) is 23.5. The van der Waals surface area contributed by atoms with Gasteiger partial charge in [0.2, 0.25) is 0 Å². The number of rotatable bonds is 12. The van der Waals surface area contributed by atoms with Crippen molar-refractivity contribution < 1.29 is 38.8 Å². The van der Waals surface area contributed by atoms with Crippen molar-refractivity contribution in [2.45, 2.75) is 6.92 Å². The summed E-state index contributed by atoms with van der Waals surface area (Å²) >= 11 is 0. The lowest BCUT2D eigenvalue weighted by Crippen LogP contribution is -2.11. The minimum absolute atomic E-state index is 0.0701.